The van der Waals surface area contributed by atoms with E-state index in [1.165, 1.54) is 41.1 Å². The molecule has 0 aromatic heterocycles. The first-order valence-electron chi connectivity index (χ1n) is 13.1. The maximum absolute atomic E-state index is 13.7. The third-order valence-corrected chi connectivity index (χ3v) is 7.72. The van der Waals surface area contributed by atoms with E-state index in [2.05, 4.69) is 5.32 Å². The van der Waals surface area contributed by atoms with Crippen LogP contribution >= 0.6 is 0 Å². The predicted octanol–water partition coefficient (Wildman–Crippen LogP) is 4.79. The second-order valence-electron chi connectivity index (χ2n) is 10.6. The number of amides is 5. The number of anilines is 1. The molecular formula is C28H27F7N4O4. The molecule has 232 valence electrons. The van der Waals surface area contributed by atoms with Gasteiger partial charge in [-0.1, -0.05) is 12.1 Å². The molecular weight excluding hydrogens is 589 g/mol. The molecule has 5 amide bonds. The highest BCUT2D eigenvalue weighted by molar-refractivity contribution is 6.02. The first-order chi connectivity index (χ1) is 20.0. The number of alkyl halides is 6. The molecule has 2 saturated heterocycles. The van der Waals surface area contributed by atoms with Gasteiger partial charge in [0.2, 0.25) is 17.7 Å². The molecule has 0 spiro atoms. The van der Waals surface area contributed by atoms with E-state index in [-0.39, 0.29) is 38.4 Å². The summed E-state index contributed by atoms with van der Waals surface area (Å²) < 4.78 is 94.2. The van der Waals surface area contributed by atoms with E-state index < -0.39 is 76.6 Å². The van der Waals surface area contributed by atoms with Crippen LogP contribution < -0.4 is 10.2 Å². The smallest absolute Gasteiger partial charge is 0.342 e. The Balaban J connectivity index is 1.62. The number of nitrogens with one attached hydrogen (secondary N) is 1. The van der Waals surface area contributed by atoms with Gasteiger partial charge in [-0.3, -0.25) is 24.6 Å². The molecule has 2 aliphatic rings. The Morgan fingerprint density at radius 3 is 1.93 bits per heavy atom. The molecule has 2 aromatic rings. The van der Waals surface area contributed by atoms with E-state index in [1.54, 1.807) is 0 Å². The van der Waals surface area contributed by atoms with E-state index in [1.807, 2.05) is 0 Å². The van der Waals surface area contributed by atoms with Crippen molar-refractivity contribution in [1.29, 1.82) is 0 Å². The summed E-state index contributed by atoms with van der Waals surface area (Å²) in [4.78, 5) is 53.7. The van der Waals surface area contributed by atoms with Crippen molar-refractivity contribution in [2.75, 3.05) is 32.1 Å². The normalized spacial score (nSPS) is 20.1. The minimum Gasteiger partial charge on any atom is -0.342 e. The van der Waals surface area contributed by atoms with Gasteiger partial charge in [0.25, 0.3) is 0 Å². The Morgan fingerprint density at radius 1 is 0.884 bits per heavy atom. The number of carbonyl (C=O) groups is 4. The van der Waals surface area contributed by atoms with Gasteiger partial charge in [0.15, 0.2) is 0 Å². The van der Waals surface area contributed by atoms with Crippen LogP contribution in [-0.2, 0) is 26.7 Å². The van der Waals surface area contributed by atoms with E-state index in [9.17, 15) is 49.9 Å². The number of halogens is 7. The van der Waals surface area contributed by atoms with Crippen LogP contribution in [0.2, 0.25) is 0 Å². The summed E-state index contributed by atoms with van der Waals surface area (Å²) in [7, 11) is 2.38. The molecule has 8 nitrogen and oxygen atoms in total. The van der Waals surface area contributed by atoms with Crippen LogP contribution in [-0.4, -0.2) is 66.8 Å². The lowest BCUT2D eigenvalue weighted by atomic mass is 9.84. The quantitative estimate of drug-likeness (QED) is 0.396. The van der Waals surface area contributed by atoms with Crippen molar-refractivity contribution in [3.8, 4) is 0 Å². The Labute approximate surface area is 241 Å². The molecule has 2 aromatic carbocycles. The van der Waals surface area contributed by atoms with Crippen LogP contribution in [0.25, 0.3) is 0 Å². The molecule has 2 fully saturated rings. The van der Waals surface area contributed by atoms with Crippen molar-refractivity contribution in [1.82, 2.24) is 15.1 Å². The number of piperidine rings is 2. The Hall–Kier alpha value is -4.17. The van der Waals surface area contributed by atoms with Crippen LogP contribution in [0.5, 0.6) is 0 Å². The lowest BCUT2D eigenvalue weighted by molar-refractivity contribution is -0.146. The van der Waals surface area contributed by atoms with Crippen molar-refractivity contribution in [3.63, 3.8) is 0 Å². The zero-order valence-corrected chi connectivity index (χ0v) is 22.9. The molecule has 0 aliphatic carbocycles. The van der Waals surface area contributed by atoms with Gasteiger partial charge in [-0.05, 0) is 42.3 Å². The standard InChI is InChI=1S/C28H27F7N4O4/c1-37(20-12-17(27(30,31)32)11-18(13-20)28(33,34)35)26(43)38(2)22-7-8-39(14-21(22)15-3-5-19(29)6-4-15)25(42)16-9-23(40)36-24(41)10-16/h3-6,11-13,16,21-22H,7-10,14H2,1-2H3,(H,36,40,41). The third-order valence-electron chi connectivity index (χ3n) is 7.72. The van der Waals surface area contributed by atoms with E-state index >= 15 is 0 Å². The van der Waals surface area contributed by atoms with Gasteiger partial charge in [0, 0.05) is 57.7 Å². The number of hydrogen-bond acceptors (Lipinski definition) is 4. The van der Waals surface area contributed by atoms with Crippen LogP contribution in [0.3, 0.4) is 0 Å². The third kappa shape index (κ3) is 7.08. The van der Waals surface area contributed by atoms with Gasteiger partial charge in [0.05, 0.1) is 17.0 Å². The van der Waals surface area contributed by atoms with Gasteiger partial charge in [-0.2, -0.15) is 26.3 Å². The summed E-state index contributed by atoms with van der Waals surface area (Å²) >= 11 is 0. The van der Waals surface area contributed by atoms with Crippen LogP contribution in [0, 0.1) is 11.7 Å². The monoisotopic (exact) mass is 616 g/mol. The number of likely N-dealkylation sites (tertiary alicyclic amines) is 1. The summed E-state index contributed by atoms with van der Waals surface area (Å²) in [6, 6.07) is 4.47. The largest absolute Gasteiger partial charge is 0.416 e. The Morgan fingerprint density at radius 2 is 1.42 bits per heavy atom. The molecule has 4 rings (SSSR count). The fourth-order valence-corrected chi connectivity index (χ4v) is 5.47. The number of nitrogens with zero attached hydrogens (tertiary/aromatic N) is 3. The molecule has 0 bridgehead atoms. The van der Waals surface area contributed by atoms with Gasteiger partial charge in [0.1, 0.15) is 5.82 Å². The number of benzene rings is 2. The molecule has 0 saturated carbocycles. The van der Waals surface area contributed by atoms with Crippen molar-refractivity contribution in [2.45, 2.75) is 43.6 Å². The maximum Gasteiger partial charge on any atom is 0.416 e. The molecule has 1 N–H and O–H groups in total. The van der Waals surface area contributed by atoms with Crippen LogP contribution in [0.1, 0.15) is 41.9 Å². The van der Waals surface area contributed by atoms with Gasteiger partial charge < -0.3 is 9.80 Å². The molecule has 2 aliphatic heterocycles. The minimum absolute atomic E-state index is 0.00937. The van der Waals surface area contributed by atoms with Gasteiger partial charge in [-0.15, -0.1) is 0 Å². The van der Waals surface area contributed by atoms with Crippen molar-refractivity contribution >= 4 is 29.4 Å². The number of likely N-dealkylation sites (N-methyl/N-ethyl adjacent to an activating group) is 1. The average Bonchev–Trinajstić information content (AvgIpc) is 2.94. The average molecular weight is 617 g/mol. The van der Waals surface area contributed by atoms with Gasteiger partial charge in [-0.25, -0.2) is 9.18 Å². The molecule has 0 radical (unpaired) electrons. The molecule has 2 heterocycles. The lowest BCUT2D eigenvalue weighted by Crippen LogP contribution is -2.55. The predicted molar refractivity (Wildman–Crippen MR) is 138 cm³/mol. The highest BCUT2D eigenvalue weighted by Gasteiger charge is 2.42. The minimum atomic E-state index is -5.11. The number of urea groups is 1. The molecule has 2 atom stereocenters. The van der Waals surface area contributed by atoms with Crippen molar-refractivity contribution in [3.05, 3.63) is 65.0 Å². The zero-order chi connectivity index (χ0) is 31.9. The lowest BCUT2D eigenvalue weighted by Gasteiger charge is -2.44. The first kappa shape index (κ1) is 31.8. The summed E-state index contributed by atoms with van der Waals surface area (Å²) in [5, 5.41) is 2.13. The van der Waals surface area contributed by atoms with E-state index in [0.717, 1.165) is 7.05 Å². The summed E-state index contributed by atoms with van der Waals surface area (Å²) in [6.45, 7) is 0.0706. The van der Waals surface area contributed by atoms with Crippen molar-refractivity contribution in [2.24, 2.45) is 5.92 Å². The second kappa shape index (κ2) is 11.8. The van der Waals surface area contributed by atoms with Gasteiger partial charge >= 0.3 is 18.4 Å². The molecule has 2 unspecified atom stereocenters. The van der Waals surface area contributed by atoms with Crippen LogP contribution in [0.4, 0.5) is 41.2 Å². The second-order valence-corrected chi connectivity index (χ2v) is 10.6. The fraction of sp³-hybridized carbons (Fsp3) is 0.429. The molecule has 15 heteroatoms. The molecule has 43 heavy (non-hydrogen) atoms. The highest BCUT2D eigenvalue weighted by Crippen LogP contribution is 2.39. The summed E-state index contributed by atoms with van der Waals surface area (Å²) in [5.74, 6) is -3.72. The number of rotatable bonds is 4. The number of imide groups is 1. The highest BCUT2D eigenvalue weighted by atomic mass is 19.4. The van der Waals surface area contributed by atoms with E-state index in [4.69, 9.17) is 0 Å². The SMILES string of the molecule is CN(C(=O)N(C)C1CCN(C(=O)C2CC(=O)NC(=O)C2)CC1c1ccc(F)cc1)c1cc(C(F)(F)F)cc(C(F)(F)F)c1. The number of hydrogen-bond donors (Lipinski definition) is 1. The topological polar surface area (TPSA) is 90.0 Å². The summed E-state index contributed by atoms with van der Waals surface area (Å²) in [6.07, 6.45) is -10.5. The maximum atomic E-state index is 13.7. The zero-order valence-electron chi connectivity index (χ0n) is 22.9. The Bertz CT molecular complexity index is 1360. The van der Waals surface area contributed by atoms with E-state index in [0.29, 0.717) is 22.6 Å². The van der Waals surface area contributed by atoms with Crippen molar-refractivity contribution < 1.29 is 49.9 Å². The first-order valence-corrected chi connectivity index (χ1v) is 13.1. The Kier molecular flexibility index (Phi) is 8.75. The van der Waals surface area contributed by atoms with Crippen LogP contribution in [0.15, 0.2) is 42.5 Å². The fourth-order valence-electron chi connectivity index (χ4n) is 5.47. The number of carbonyl (C=O) groups excluding carboxylic acids is 4. The summed E-state index contributed by atoms with van der Waals surface area (Å²) in [5.41, 5.74) is -3.27.